The lowest BCUT2D eigenvalue weighted by molar-refractivity contribution is -0.117. The molecule has 1 fully saturated rings. The van der Waals surface area contributed by atoms with Gasteiger partial charge in [0.05, 0.1) is 10.7 Å². The summed E-state index contributed by atoms with van der Waals surface area (Å²) in [4.78, 5) is 12.7. The van der Waals surface area contributed by atoms with E-state index in [9.17, 15) is 4.79 Å². The lowest BCUT2D eigenvalue weighted by Gasteiger charge is -2.07. The van der Waals surface area contributed by atoms with Crippen molar-refractivity contribution in [3.05, 3.63) is 52.5 Å². The van der Waals surface area contributed by atoms with Gasteiger partial charge in [-0.3, -0.25) is 4.79 Å². The van der Waals surface area contributed by atoms with Crippen molar-refractivity contribution in [3.8, 4) is 0 Å². The van der Waals surface area contributed by atoms with Gasteiger partial charge in [0.15, 0.2) is 0 Å². The van der Waals surface area contributed by atoms with Crippen molar-refractivity contribution in [1.29, 1.82) is 0 Å². The average molecular weight is 364 g/mol. The third-order valence-electron chi connectivity index (χ3n) is 4.99. The molecule has 0 radical (unpaired) electrons. The number of hydrogen-bond donors (Lipinski definition) is 1. The van der Waals surface area contributed by atoms with Crippen LogP contribution < -0.4 is 5.32 Å². The number of nitrogens with one attached hydrogen (secondary N) is 1. The van der Waals surface area contributed by atoms with Crippen LogP contribution in [-0.2, 0) is 4.79 Å². The Morgan fingerprint density at radius 2 is 1.50 bits per heavy atom. The normalized spacial score (nSPS) is 29.5. The Morgan fingerprint density at radius 3 is 2.08 bits per heavy atom. The summed E-state index contributed by atoms with van der Waals surface area (Å²) < 4.78 is 0. The minimum atomic E-state index is 0.0945. The molecular weight excluding hydrogens is 341 g/mol. The maximum absolute atomic E-state index is 12.7. The molecule has 1 saturated carbocycles. The standard InChI is InChI=1S/C20H23Cl2NO/c21-14-11-12-18(17(22)13-14)23-20(24)19-15-9-7-5-3-1-2-4-6-8-10-16(15)19/h3-6,11-13,15-16,19H,1-2,7-10H2,(H,23,24)/b5-3-,6-4+/t15-,16+,19?/m1/s1. The quantitative estimate of drug-likeness (QED) is 0.617. The Bertz CT molecular complexity index is 629. The highest BCUT2D eigenvalue weighted by molar-refractivity contribution is 6.36. The topological polar surface area (TPSA) is 29.1 Å². The second-order valence-electron chi connectivity index (χ2n) is 6.64. The molecule has 24 heavy (non-hydrogen) atoms. The number of allylic oxidation sites excluding steroid dienone is 4. The SMILES string of the molecule is O=C(Nc1ccc(Cl)cc1Cl)C1[C@H]2CC/C=C/CC/C=C\CC[C@@H]12. The van der Waals surface area contributed by atoms with Crippen LogP contribution in [0.15, 0.2) is 42.5 Å². The maximum Gasteiger partial charge on any atom is 0.228 e. The van der Waals surface area contributed by atoms with E-state index < -0.39 is 0 Å². The minimum Gasteiger partial charge on any atom is -0.325 e. The van der Waals surface area contributed by atoms with Gasteiger partial charge in [0, 0.05) is 10.9 Å². The number of carbonyl (C=O) groups is 1. The number of benzene rings is 1. The van der Waals surface area contributed by atoms with Gasteiger partial charge in [-0.05, 0) is 68.6 Å². The number of hydrogen-bond acceptors (Lipinski definition) is 1. The van der Waals surface area contributed by atoms with Gasteiger partial charge in [-0.1, -0.05) is 47.5 Å². The molecule has 0 spiro atoms. The highest BCUT2D eigenvalue weighted by atomic mass is 35.5. The molecule has 128 valence electrons. The molecule has 0 aliphatic heterocycles. The molecule has 0 heterocycles. The number of rotatable bonds is 2. The highest BCUT2D eigenvalue weighted by Crippen LogP contribution is 2.52. The van der Waals surface area contributed by atoms with Gasteiger partial charge in [0.25, 0.3) is 0 Å². The molecule has 1 aromatic carbocycles. The van der Waals surface area contributed by atoms with E-state index in [-0.39, 0.29) is 11.8 Å². The van der Waals surface area contributed by atoms with Crippen LogP contribution in [0.5, 0.6) is 0 Å². The molecule has 1 N–H and O–H groups in total. The highest BCUT2D eigenvalue weighted by Gasteiger charge is 2.52. The number of amides is 1. The molecule has 4 heteroatoms. The van der Waals surface area contributed by atoms with E-state index in [1.54, 1.807) is 18.2 Å². The van der Waals surface area contributed by atoms with Gasteiger partial charge in [-0.25, -0.2) is 0 Å². The van der Waals surface area contributed by atoms with Gasteiger partial charge >= 0.3 is 0 Å². The van der Waals surface area contributed by atoms with Crippen LogP contribution in [0.4, 0.5) is 5.69 Å². The summed E-state index contributed by atoms with van der Waals surface area (Å²) in [5, 5.41) is 4.05. The monoisotopic (exact) mass is 363 g/mol. The summed E-state index contributed by atoms with van der Waals surface area (Å²) >= 11 is 12.1. The van der Waals surface area contributed by atoms with Crippen LogP contribution in [0, 0.1) is 17.8 Å². The molecular formula is C20H23Cl2NO. The summed E-state index contributed by atoms with van der Waals surface area (Å²) in [6.07, 6.45) is 15.6. The summed E-state index contributed by atoms with van der Waals surface area (Å²) in [5.41, 5.74) is 0.646. The predicted octanol–water partition coefficient (Wildman–Crippen LogP) is 6.26. The van der Waals surface area contributed by atoms with Crippen LogP contribution in [0.2, 0.25) is 10.0 Å². The second kappa shape index (κ2) is 8.22. The fraction of sp³-hybridized carbons (Fsp3) is 0.450. The van der Waals surface area contributed by atoms with Crippen LogP contribution in [0.25, 0.3) is 0 Å². The minimum absolute atomic E-state index is 0.0945. The van der Waals surface area contributed by atoms with E-state index in [1.807, 2.05) is 0 Å². The van der Waals surface area contributed by atoms with E-state index in [2.05, 4.69) is 29.6 Å². The molecule has 1 unspecified atom stereocenters. The molecule has 2 aliphatic rings. The Balaban J connectivity index is 1.64. The fourth-order valence-electron chi connectivity index (χ4n) is 3.67. The lowest BCUT2D eigenvalue weighted by atomic mass is 10.1. The van der Waals surface area contributed by atoms with Crippen molar-refractivity contribution in [2.45, 2.75) is 38.5 Å². The molecule has 1 amide bonds. The van der Waals surface area contributed by atoms with E-state index in [0.717, 1.165) is 38.5 Å². The van der Waals surface area contributed by atoms with Crippen LogP contribution in [-0.4, -0.2) is 5.91 Å². The fourth-order valence-corrected chi connectivity index (χ4v) is 4.12. The predicted molar refractivity (Wildman–Crippen MR) is 102 cm³/mol. The van der Waals surface area contributed by atoms with Crippen LogP contribution in [0.3, 0.4) is 0 Å². The van der Waals surface area contributed by atoms with E-state index in [4.69, 9.17) is 23.2 Å². The Morgan fingerprint density at radius 1 is 0.917 bits per heavy atom. The first-order chi connectivity index (χ1) is 11.7. The molecule has 0 aromatic heterocycles. The molecule has 0 bridgehead atoms. The zero-order chi connectivity index (χ0) is 16.9. The number of fused-ring (bicyclic) bond motifs is 1. The maximum atomic E-state index is 12.7. The molecule has 0 saturated heterocycles. The van der Waals surface area contributed by atoms with Crippen molar-refractivity contribution in [2.24, 2.45) is 17.8 Å². The number of anilines is 1. The van der Waals surface area contributed by atoms with Crippen molar-refractivity contribution >= 4 is 34.8 Å². The van der Waals surface area contributed by atoms with E-state index in [1.165, 1.54) is 0 Å². The molecule has 3 atom stereocenters. The van der Waals surface area contributed by atoms with E-state index in [0.29, 0.717) is 27.6 Å². The molecule has 1 aromatic rings. The van der Waals surface area contributed by atoms with Crippen molar-refractivity contribution in [1.82, 2.24) is 0 Å². The number of carbonyl (C=O) groups excluding carboxylic acids is 1. The van der Waals surface area contributed by atoms with Crippen molar-refractivity contribution in [2.75, 3.05) is 5.32 Å². The zero-order valence-electron chi connectivity index (χ0n) is 13.7. The lowest BCUT2D eigenvalue weighted by Crippen LogP contribution is -2.16. The summed E-state index contributed by atoms with van der Waals surface area (Å²) in [6, 6.07) is 5.17. The van der Waals surface area contributed by atoms with E-state index >= 15 is 0 Å². The largest absolute Gasteiger partial charge is 0.325 e. The molecule has 3 rings (SSSR count). The van der Waals surface area contributed by atoms with Gasteiger partial charge in [-0.15, -0.1) is 0 Å². The Labute approximate surface area is 153 Å². The third-order valence-corrected chi connectivity index (χ3v) is 5.54. The zero-order valence-corrected chi connectivity index (χ0v) is 15.2. The average Bonchev–Trinajstić information content (AvgIpc) is 3.22. The smallest absolute Gasteiger partial charge is 0.228 e. The van der Waals surface area contributed by atoms with Crippen molar-refractivity contribution < 1.29 is 4.79 Å². The summed E-state index contributed by atoms with van der Waals surface area (Å²) in [6.45, 7) is 0. The van der Waals surface area contributed by atoms with Crippen molar-refractivity contribution in [3.63, 3.8) is 0 Å². The van der Waals surface area contributed by atoms with Gasteiger partial charge < -0.3 is 5.32 Å². The first-order valence-corrected chi connectivity index (χ1v) is 9.48. The molecule has 2 aliphatic carbocycles. The molecule has 2 nitrogen and oxygen atoms in total. The first kappa shape index (κ1) is 17.6. The van der Waals surface area contributed by atoms with Gasteiger partial charge in [0.2, 0.25) is 5.91 Å². The Kier molecular flexibility index (Phi) is 6.02. The Hall–Kier alpha value is -1.25. The van der Waals surface area contributed by atoms with Crippen LogP contribution in [0.1, 0.15) is 38.5 Å². The van der Waals surface area contributed by atoms with Crippen LogP contribution >= 0.6 is 23.2 Å². The van der Waals surface area contributed by atoms with Gasteiger partial charge in [0.1, 0.15) is 0 Å². The first-order valence-electron chi connectivity index (χ1n) is 8.72. The summed E-state index contributed by atoms with van der Waals surface area (Å²) in [5.74, 6) is 1.19. The second-order valence-corrected chi connectivity index (χ2v) is 7.49. The summed E-state index contributed by atoms with van der Waals surface area (Å²) in [7, 11) is 0. The van der Waals surface area contributed by atoms with Gasteiger partial charge in [-0.2, -0.15) is 0 Å². The third kappa shape index (κ3) is 4.43. The number of halogens is 2.